The Bertz CT molecular complexity index is 349. The summed E-state index contributed by atoms with van der Waals surface area (Å²) < 4.78 is 0. The molecule has 0 saturated carbocycles. The quantitative estimate of drug-likeness (QED) is 0.822. The first-order valence-electron chi connectivity index (χ1n) is 4.90. The summed E-state index contributed by atoms with van der Waals surface area (Å²) in [6.07, 6.45) is -0.382. The minimum atomic E-state index is -0.382. The first-order valence-corrected chi connectivity index (χ1v) is 5.65. The summed E-state index contributed by atoms with van der Waals surface area (Å²) in [5.41, 5.74) is 0.873. The highest BCUT2D eigenvalue weighted by Crippen LogP contribution is 2.36. The molecule has 0 bridgehead atoms. The van der Waals surface area contributed by atoms with Gasteiger partial charge in [-0.1, -0.05) is 29.3 Å². The van der Waals surface area contributed by atoms with E-state index in [9.17, 15) is 5.11 Å². The van der Waals surface area contributed by atoms with Crippen LogP contribution in [0.5, 0.6) is 0 Å². The zero-order valence-electron chi connectivity index (χ0n) is 8.45. The van der Waals surface area contributed by atoms with Crippen LogP contribution in [0.1, 0.15) is 11.5 Å². The number of halogens is 2. The van der Waals surface area contributed by atoms with E-state index in [0.29, 0.717) is 16.6 Å². The molecule has 1 heterocycles. The minimum Gasteiger partial charge on any atom is -0.391 e. The Morgan fingerprint density at radius 1 is 1.27 bits per heavy atom. The molecule has 1 aliphatic rings. The van der Waals surface area contributed by atoms with Gasteiger partial charge in [0.25, 0.3) is 0 Å². The van der Waals surface area contributed by atoms with Gasteiger partial charge in [0.2, 0.25) is 0 Å². The van der Waals surface area contributed by atoms with Crippen LogP contribution in [0.3, 0.4) is 0 Å². The van der Waals surface area contributed by atoms with Gasteiger partial charge in [0.1, 0.15) is 0 Å². The average Bonchev–Trinajstić information content (AvgIpc) is 2.45. The van der Waals surface area contributed by atoms with Gasteiger partial charge in [-0.2, -0.15) is 0 Å². The zero-order chi connectivity index (χ0) is 11.0. The van der Waals surface area contributed by atoms with Crippen molar-refractivity contribution >= 4 is 23.2 Å². The van der Waals surface area contributed by atoms with Crippen LogP contribution in [-0.4, -0.2) is 36.2 Å². The fourth-order valence-electron chi connectivity index (χ4n) is 2.13. The number of rotatable bonds is 1. The fraction of sp³-hybridized carbons (Fsp3) is 0.455. The van der Waals surface area contributed by atoms with Crippen molar-refractivity contribution in [2.75, 3.05) is 20.1 Å². The molecule has 0 unspecified atom stereocenters. The van der Waals surface area contributed by atoms with Crippen LogP contribution in [0.2, 0.25) is 10.0 Å². The van der Waals surface area contributed by atoms with Crippen molar-refractivity contribution in [3.05, 3.63) is 33.8 Å². The van der Waals surface area contributed by atoms with Gasteiger partial charge >= 0.3 is 0 Å². The molecule has 1 aromatic rings. The van der Waals surface area contributed by atoms with Crippen LogP contribution in [-0.2, 0) is 0 Å². The highest BCUT2D eigenvalue weighted by atomic mass is 35.5. The molecule has 2 atom stereocenters. The van der Waals surface area contributed by atoms with E-state index in [-0.39, 0.29) is 12.0 Å². The Hall–Kier alpha value is -0.280. The van der Waals surface area contributed by atoms with Gasteiger partial charge in [0.05, 0.1) is 6.10 Å². The van der Waals surface area contributed by atoms with Crippen LogP contribution >= 0.6 is 23.2 Å². The molecule has 0 radical (unpaired) electrons. The number of likely N-dealkylation sites (tertiary alicyclic amines) is 1. The molecule has 82 valence electrons. The van der Waals surface area contributed by atoms with Crippen molar-refractivity contribution in [3.8, 4) is 0 Å². The molecule has 15 heavy (non-hydrogen) atoms. The van der Waals surface area contributed by atoms with E-state index in [0.717, 1.165) is 12.1 Å². The van der Waals surface area contributed by atoms with E-state index < -0.39 is 0 Å². The molecule has 0 amide bonds. The lowest BCUT2D eigenvalue weighted by molar-refractivity contribution is 0.168. The van der Waals surface area contributed by atoms with E-state index in [1.54, 1.807) is 0 Å². The van der Waals surface area contributed by atoms with Gasteiger partial charge in [-0.25, -0.2) is 0 Å². The second-order valence-electron chi connectivity index (χ2n) is 4.03. The van der Waals surface area contributed by atoms with Crippen molar-refractivity contribution in [2.24, 2.45) is 0 Å². The van der Waals surface area contributed by atoms with E-state index >= 15 is 0 Å². The molecule has 1 aliphatic heterocycles. The predicted octanol–water partition coefficient (Wildman–Crippen LogP) is 2.38. The Balaban J connectivity index is 2.37. The lowest BCUT2D eigenvalue weighted by Gasteiger charge is -2.16. The summed E-state index contributed by atoms with van der Waals surface area (Å²) >= 11 is 12.2. The summed E-state index contributed by atoms with van der Waals surface area (Å²) in [7, 11) is 1.98. The number of benzene rings is 1. The number of likely N-dealkylation sites (N-methyl/N-ethyl adjacent to an activating group) is 1. The highest BCUT2D eigenvalue weighted by molar-refractivity contribution is 6.36. The molecule has 2 rings (SSSR count). The third kappa shape index (κ3) is 2.13. The van der Waals surface area contributed by atoms with E-state index in [1.165, 1.54) is 0 Å². The molecular weight excluding hydrogens is 233 g/mol. The van der Waals surface area contributed by atoms with Crippen molar-refractivity contribution in [3.63, 3.8) is 0 Å². The van der Waals surface area contributed by atoms with Gasteiger partial charge in [-0.05, 0) is 24.7 Å². The van der Waals surface area contributed by atoms with E-state index in [4.69, 9.17) is 23.2 Å². The Kier molecular flexibility index (Phi) is 3.21. The first-order chi connectivity index (χ1) is 7.09. The van der Waals surface area contributed by atoms with E-state index in [2.05, 4.69) is 4.90 Å². The third-order valence-corrected chi connectivity index (χ3v) is 3.50. The van der Waals surface area contributed by atoms with Crippen LogP contribution in [0.25, 0.3) is 0 Å². The van der Waals surface area contributed by atoms with Crippen molar-refractivity contribution in [1.29, 1.82) is 0 Å². The molecule has 1 saturated heterocycles. The maximum absolute atomic E-state index is 9.90. The number of β-amino-alcohol motifs (C(OH)–C–C–N with tert-alkyl or cyclic N) is 1. The van der Waals surface area contributed by atoms with Gasteiger partial charge in [-0.15, -0.1) is 0 Å². The topological polar surface area (TPSA) is 23.5 Å². The Labute approximate surface area is 99.4 Å². The van der Waals surface area contributed by atoms with Crippen molar-refractivity contribution in [1.82, 2.24) is 4.90 Å². The lowest BCUT2D eigenvalue weighted by Crippen LogP contribution is -2.17. The van der Waals surface area contributed by atoms with Crippen molar-refractivity contribution in [2.45, 2.75) is 12.0 Å². The molecule has 0 aromatic heterocycles. The van der Waals surface area contributed by atoms with Crippen molar-refractivity contribution < 1.29 is 5.11 Å². The fourth-order valence-corrected chi connectivity index (χ4v) is 2.80. The van der Waals surface area contributed by atoms with Crippen LogP contribution in [0.15, 0.2) is 18.2 Å². The SMILES string of the molecule is CN1C[C@@H](O)[C@@H](c2c(Cl)cccc2Cl)C1. The number of hydrogen-bond donors (Lipinski definition) is 1. The van der Waals surface area contributed by atoms with E-state index in [1.807, 2.05) is 25.2 Å². The minimum absolute atomic E-state index is 0.0243. The van der Waals surface area contributed by atoms with Gasteiger partial charge < -0.3 is 10.0 Å². The molecule has 1 fully saturated rings. The molecule has 0 spiro atoms. The lowest BCUT2D eigenvalue weighted by atomic mass is 9.96. The summed E-state index contributed by atoms with van der Waals surface area (Å²) in [4.78, 5) is 2.08. The van der Waals surface area contributed by atoms with Crippen LogP contribution in [0.4, 0.5) is 0 Å². The third-order valence-electron chi connectivity index (χ3n) is 2.84. The molecule has 1 aromatic carbocycles. The predicted molar refractivity (Wildman–Crippen MR) is 62.7 cm³/mol. The molecule has 1 N–H and O–H groups in total. The summed E-state index contributed by atoms with van der Waals surface area (Å²) in [5.74, 6) is 0.0243. The van der Waals surface area contributed by atoms with Gasteiger partial charge in [-0.3, -0.25) is 0 Å². The monoisotopic (exact) mass is 245 g/mol. The maximum Gasteiger partial charge on any atom is 0.0748 e. The first kappa shape index (κ1) is 11.2. The Morgan fingerprint density at radius 2 is 1.87 bits per heavy atom. The number of hydrogen-bond acceptors (Lipinski definition) is 2. The Morgan fingerprint density at radius 3 is 2.33 bits per heavy atom. The van der Waals surface area contributed by atoms with Crippen LogP contribution in [0, 0.1) is 0 Å². The number of aliphatic hydroxyl groups is 1. The zero-order valence-corrected chi connectivity index (χ0v) is 9.96. The number of aliphatic hydroxyl groups excluding tert-OH is 1. The second kappa shape index (κ2) is 4.30. The molecule has 4 heteroatoms. The average molecular weight is 246 g/mol. The largest absolute Gasteiger partial charge is 0.391 e. The smallest absolute Gasteiger partial charge is 0.0748 e. The van der Waals surface area contributed by atoms with Crippen LogP contribution < -0.4 is 0 Å². The summed E-state index contributed by atoms with van der Waals surface area (Å²) in [6.45, 7) is 1.47. The summed E-state index contributed by atoms with van der Waals surface area (Å²) in [6, 6.07) is 5.45. The normalized spacial score (nSPS) is 27.2. The molecule has 0 aliphatic carbocycles. The number of nitrogens with zero attached hydrogens (tertiary/aromatic N) is 1. The summed E-state index contributed by atoms with van der Waals surface area (Å²) in [5, 5.41) is 11.2. The second-order valence-corrected chi connectivity index (χ2v) is 4.84. The highest BCUT2D eigenvalue weighted by Gasteiger charge is 2.32. The van der Waals surface area contributed by atoms with Gasteiger partial charge in [0.15, 0.2) is 0 Å². The standard InChI is InChI=1S/C11H13Cl2NO/c1-14-5-7(10(15)6-14)11-8(12)3-2-4-9(11)13/h2-4,7,10,15H,5-6H2,1H3/t7-,10+/m0/s1. The maximum atomic E-state index is 9.90. The molecule has 2 nitrogen and oxygen atoms in total. The molecular formula is C11H13Cl2NO. The van der Waals surface area contributed by atoms with Gasteiger partial charge in [0, 0.05) is 29.1 Å².